The van der Waals surface area contributed by atoms with Crippen molar-refractivity contribution >= 4 is 11.8 Å². The summed E-state index contributed by atoms with van der Waals surface area (Å²) < 4.78 is 5.80. The lowest BCUT2D eigenvalue weighted by Crippen LogP contribution is -2.16. The SMILES string of the molecule is Cc1ccccc1[C@H](CCC(=O)O)C(=O)c1cccc(OCc2cccnc2)c1. The monoisotopic (exact) mass is 389 g/mol. The maximum atomic E-state index is 13.3. The van der Waals surface area contributed by atoms with Gasteiger partial charge in [-0.05, 0) is 42.7 Å². The first kappa shape index (κ1) is 20.3. The number of carbonyl (C=O) groups is 2. The van der Waals surface area contributed by atoms with E-state index in [4.69, 9.17) is 9.84 Å². The predicted octanol–water partition coefficient (Wildman–Crippen LogP) is 4.80. The van der Waals surface area contributed by atoms with Gasteiger partial charge in [-0.1, -0.05) is 42.5 Å². The summed E-state index contributed by atoms with van der Waals surface area (Å²) in [6.07, 6.45) is 3.61. The van der Waals surface area contributed by atoms with Crippen molar-refractivity contribution in [1.82, 2.24) is 4.98 Å². The van der Waals surface area contributed by atoms with Gasteiger partial charge in [0.05, 0.1) is 0 Å². The van der Waals surface area contributed by atoms with Crippen molar-refractivity contribution in [2.75, 3.05) is 0 Å². The first-order chi connectivity index (χ1) is 14.0. The van der Waals surface area contributed by atoms with Crippen LogP contribution < -0.4 is 4.74 Å². The van der Waals surface area contributed by atoms with Gasteiger partial charge >= 0.3 is 5.97 Å². The average molecular weight is 389 g/mol. The highest BCUT2D eigenvalue weighted by Gasteiger charge is 2.24. The van der Waals surface area contributed by atoms with Crippen LogP contribution in [0.3, 0.4) is 0 Å². The van der Waals surface area contributed by atoms with Crippen LogP contribution in [0, 0.1) is 6.92 Å². The zero-order chi connectivity index (χ0) is 20.6. The molecule has 0 fully saturated rings. The van der Waals surface area contributed by atoms with E-state index in [-0.39, 0.29) is 18.6 Å². The van der Waals surface area contributed by atoms with Crippen molar-refractivity contribution in [2.24, 2.45) is 0 Å². The fourth-order valence-electron chi connectivity index (χ4n) is 3.26. The molecule has 1 heterocycles. The van der Waals surface area contributed by atoms with E-state index in [0.29, 0.717) is 17.9 Å². The Balaban J connectivity index is 1.81. The molecule has 0 bridgehead atoms. The van der Waals surface area contributed by atoms with Crippen molar-refractivity contribution in [2.45, 2.75) is 32.3 Å². The molecule has 3 rings (SSSR count). The van der Waals surface area contributed by atoms with Gasteiger partial charge in [0.15, 0.2) is 5.78 Å². The van der Waals surface area contributed by atoms with Crippen LogP contribution in [0.25, 0.3) is 0 Å². The van der Waals surface area contributed by atoms with Crippen LogP contribution in [0.4, 0.5) is 0 Å². The normalized spacial score (nSPS) is 11.6. The van der Waals surface area contributed by atoms with Crippen molar-refractivity contribution in [3.63, 3.8) is 0 Å². The zero-order valence-corrected chi connectivity index (χ0v) is 16.2. The van der Waals surface area contributed by atoms with E-state index in [1.54, 1.807) is 36.7 Å². The fraction of sp³-hybridized carbons (Fsp3) is 0.208. The molecular weight excluding hydrogens is 366 g/mol. The van der Waals surface area contributed by atoms with Gasteiger partial charge in [0.2, 0.25) is 0 Å². The van der Waals surface area contributed by atoms with Crippen LogP contribution in [0.5, 0.6) is 5.75 Å². The van der Waals surface area contributed by atoms with Gasteiger partial charge in [0.1, 0.15) is 12.4 Å². The molecular formula is C24H23NO4. The molecule has 5 heteroatoms. The van der Waals surface area contributed by atoms with Crippen LogP contribution in [-0.2, 0) is 11.4 Å². The largest absolute Gasteiger partial charge is 0.489 e. The summed E-state index contributed by atoms with van der Waals surface area (Å²) in [5, 5.41) is 9.12. The van der Waals surface area contributed by atoms with Gasteiger partial charge in [-0.2, -0.15) is 0 Å². The molecule has 0 aliphatic heterocycles. The summed E-state index contributed by atoms with van der Waals surface area (Å²) in [5.41, 5.74) is 3.27. The lowest BCUT2D eigenvalue weighted by molar-refractivity contribution is -0.137. The molecule has 29 heavy (non-hydrogen) atoms. The lowest BCUT2D eigenvalue weighted by Gasteiger charge is -2.18. The summed E-state index contributed by atoms with van der Waals surface area (Å²) in [7, 11) is 0. The molecule has 0 saturated heterocycles. The van der Waals surface area contributed by atoms with Crippen molar-refractivity contribution in [3.05, 3.63) is 95.3 Å². The molecule has 0 aliphatic carbocycles. The molecule has 1 N–H and O–H groups in total. The average Bonchev–Trinajstić information content (AvgIpc) is 2.74. The lowest BCUT2D eigenvalue weighted by atomic mass is 9.85. The number of aliphatic carboxylic acids is 1. The standard InChI is InChI=1S/C24H23NO4/c1-17-6-2-3-10-21(17)22(11-12-23(26)27)24(28)19-8-4-9-20(14-19)29-16-18-7-5-13-25-15-18/h2-10,13-15,22H,11-12,16H2,1H3,(H,26,27)/t22-/m0/s1. The number of Topliss-reactive ketones (excluding diaryl/α,β-unsaturated/α-hetero) is 1. The second-order valence-electron chi connectivity index (χ2n) is 6.88. The number of carboxylic acid groups (broad SMARTS) is 1. The summed E-state index contributed by atoms with van der Waals surface area (Å²) in [6, 6.07) is 18.4. The van der Waals surface area contributed by atoms with Crippen molar-refractivity contribution < 1.29 is 19.4 Å². The van der Waals surface area contributed by atoms with Crippen LogP contribution in [-0.4, -0.2) is 21.8 Å². The first-order valence-electron chi connectivity index (χ1n) is 9.48. The maximum Gasteiger partial charge on any atom is 0.303 e. The summed E-state index contributed by atoms with van der Waals surface area (Å²) in [4.78, 5) is 28.5. The number of pyridine rings is 1. The Morgan fingerprint density at radius 2 is 1.90 bits per heavy atom. The van der Waals surface area contributed by atoms with Crippen molar-refractivity contribution in [3.8, 4) is 5.75 Å². The van der Waals surface area contributed by atoms with E-state index in [1.165, 1.54) is 0 Å². The molecule has 5 nitrogen and oxygen atoms in total. The number of nitrogens with zero attached hydrogens (tertiary/aromatic N) is 1. The second kappa shape index (κ2) is 9.64. The van der Waals surface area contributed by atoms with E-state index in [1.807, 2.05) is 43.3 Å². The number of rotatable bonds is 9. The Morgan fingerprint density at radius 1 is 1.07 bits per heavy atom. The van der Waals surface area contributed by atoms with Crippen molar-refractivity contribution in [1.29, 1.82) is 0 Å². The zero-order valence-electron chi connectivity index (χ0n) is 16.2. The number of hydrogen-bond donors (Lipinski definition) is 1. The number of ether oxygens (including phenoxy) is 1. The van der Waals surface area contributed by atoms with E-state index in [0.717, 1.165) is 16.7 Å². The van der Waals surface area contributed by atoms with Crippen LogP contribution in [0.1, 0.15) is 45.8 Å². The molecule has 0 aliphatic rings. The molecule has 1 aromatic heterocycles. The first-order valence-corrected chi connectivity index (χ1v) is 9.48. The maximum absolute atomic E-state index is 13.3. The highest BCUT2D eigenvalue weighted by molar-refractivity contribution is 6.01. The van der Waals surface area contributed by atoms with Crippen LogP contribution >= 0.6 is 0 Å². The number of ketones is 1. The van der Waals surface area contributed by atoms with Gasteiger partial charge in [-0.25, -0.2) is 0 Å². The van der Waals surface area contributed by atoms with Gasteiger partial charge < -0.3 is 9.84 Å². The number of carbonyl (C=O) groups excluding carboxylic acids is 1. The predicted molar refractivity (Wildman–Crippen MR) is 110 cm³/mol. The van der Waals surface area contributed by atoms with Gasteiger partial charge in [0, 0.05) is 35.9 Å². The molecule has 0 saturated carbocycles. The number of carboxylic acids is 1. The molecule has 2 aromatic carbocycles. The van der Waals surface area contributed by atoms with E-state index >= 15 is 0 Å². The minimum atomic E-state index is -0.912. The highest BCUT2D eigenvalue weighted by atomic mass is 16.5. The Morgan fingerprint density at radius 3 is 2.62 bits per heavy atom. The van der Waals surface area contributed by atoms with E-state index in [9.17, 15) is 9.59 Å². The van der Waals surface area contributed by atoms with Gasteiger partial charge in [0.25, 0.3) is 0 Å². The summed E-state index contributed by atoms with van der Waals surface area (Å²) >= 11 is 0. The minimum absolute atomic E-state index is 0.0675. The molecule has 0 amide bonds. The minimum Gasteiger partial charge on any atom is -0.489 e. The Hall–Kier alpha value is -3.47. The number of aryl methyl sites for hydroxylation is 1. The van der Waals surface area contributed by atoms with Crippen LogP contribution in [0.2, 0.25) is 0 Å². The molecule has 148 valence electrons. The Labute approximate surface area is 170 Å². The molecule has 1 atom stereocenters. The third-order valence-corrected chi connectivity index (χ3v) is 4.77. The molecule has 0 spiro atoms. The quantitative estimate of drug-likeness (QED) is 0.532. The third-order valence-electron chi connectivity index (χ3n) is 4.77. The highest BCUT2D eigenvalue weighted by Crippen LogP contribution is 2.29. The summed E-state index contributed by atoms with van der Waals surface area (Å²) in [6.45, 7) is 2.29. The number of hydrogen-bond acceptors (Lipinski definition) is 4. The Bertz CT molecular complexity index is 985. The van der Waals surface area contributed by atoms with E-state index in [2.05, 4.69) is 4.98 Å². The smallest absolute Gasteiger partial charge is 0.303 e. The van der Waals surface area contributed by atoms with E-state index < -0.39 is 11.9 Å². The molecule has 0 unspecified atom stereocenters. The Kier molecular flexibility index (Phi) is 6.74. The molecule has 3 aromatic rings. The topological polar surface area (TPSA) is 76.5 Å². The fourth-order valence-corrected chi connectivity index (χ4v) is 3.26. The van der Waals surface area contributed by atoms with Gasteiger partial charge in [-0.3, -0.25) is 14.6 Å². The molecule has 0 radical (unpaired) electrons. The second-order valence-corrected chi connectivity index (χ2v) is 6.88. The van der Waals surface area contributed by atoms with Crippen LogP contribution in [0.15, 0.2) is 73.1 Å². The number of aromatic nitrogens is 1. The number of benzene rings is 2. The summed E-state index contributed by atoms with van der Waals surface area (Å²) in [5.74, 6) is -0.945. The van der Waals surface area contributed by atoms with Gasteiger partial charge in [-0.15, -0.1) is 0 Å². The third kappa shape index (κ3) is 5.51.